The molecule has 2 N–H and O–H groups in total. The second-order valence-corrected chi connectivity index (χ2v) is 5.04. The van der Waals surface area contributed by atoms with E-state index in [4.69, 9.17) is 4.52 Å². The third-order valence-electron chi connectivity index (χ3n) is 3.43. The number of hydrogen-bond acceptors (Lipinski definition) is 4. The van der Waals surface area contributed by atoms with Crippen molar-refractivity contribution in [3.05, 3.63) is 53.7 Å². The lowest BCUT2D eigenvalue weighted by molar-refractivity contribution is 0.420. The number of aromatic nitrogens is 1. The minimum atomic E-state index is -0.0421. The normalized spacial score (nSPS) is 10.8. The average Bonchev–Trinajstić information content (AvgIpc) is 2.82. The van der Waals surface area contributed by atoms with Gasteiger partial charge in [0.15, 0.2) is 5.76 Å². The Morgan fingerprint density at radius 3 is 2.38 bits per heavy atom. The highest BCUT2D eigenvalue weighted by atomic mass is 16.5. The fourth-order valence-corrected chi connectivity index (χ4v) is 2.33. The molecular weight excluding hydrogens is 266 g/mol. The number of nitrogens with zero attached hydrogens (tertiary/aromatic N) is 1. The maximum atomic E-state index is 10.0. The van der Waals surface area contributed by atoms with E-state index in [1.54, 1.807) is 6.07 Å². The molecule has 21 heavy (non-hydrogen) atoms. The Labute approximate surface area is 123 Å². The lowest BCUT2D eigenvalue weighted by Gasteiger charge is -2.06. The van der Waals surface area contributed by atoms with Gasteiger partial charge in [-0.3, -0.25) is 0 Å². The van der Waals surface area contributed by atoms with Crippen molar-refractivity contribution in [2.45, 2.75) is 13.8 Å². The first-order chi connectivity index (χ1) is 10.1. The van der Waals surface area contributed by atoms with E-state index in [1.807, 2.05) is 38.1 Å². The van der Waals surface area contributed by atoms with Gasteiger partial charge in [-0.05, 0) is 31.5 Å². The van der Waals surface area contributed by atoms with E-state index in [-0.39, 0.29) is 12.9 Å². The summed E-state index contributed by atoms with van der Waals surface area (Å²) in [5.74, 6) is 0.456. The number of phenolic OH excluding ortho intramolecular Hbond substituents is 2. The predicted octanol–water partition coefficient (Wildman–Crippen LogP) is 4.28. The number of phenols is 2. The maximum absolute atomic E-state index is 10.0. The molecule has 0 fully saturated rings. The molecule has 0 radical (unpaired) electrons. The van der Waals surface area contributed by atoms with Gasteiger partial charge in [-0.25, -0.2) is 0 Å². The molecule has 0 saturated carbocycles. The van der Waals surface area contributed by atoms with E-state index >= 15 is 0 Å². The Hall–Kier alpha value is -2.75. The number of rotatable bonds is 2. The van der Waals surface area contributed by atoms with Gasteiger partial charge in [-0.2, -0.15) is 0 Å². The number of benzene rings is 2. The molecule has 0 aliphatic rings. The van der Waals surface area contributed by atoms with Crippen molar-refractivity contribution >= 4 is 0 Å². The Bertz CT molecular complexity index is 794. The van der Waals surface area contributed by atoms with E-state index in [1.165, 1.54) is 17.7 Å². The van der Waals surface area contributed by atoms with Crippen molar-refractivity contribution < 1.29 is 16.2 Å². The minimum Gasteiger partial charge on any atom is -0.508 e. The molecule has 4 nitrogen and oxygen atoms in total. The summed E-state index contributed by atoms with van der Waals surface area (Å²) in [7, 11) is 0. The first-order valence-corrected chi connectivity index (χ1v) is 6.62. The summed E-state index contributed by atoms with van der Waals surface area (Å²) in [6.07, 6.45) is 0. The lowest BCUT2D eigenvalue weighted by atomic mass is 9.98. The second kappa shape index (κ2) is 4.98. The maximum Gasteiger partial charge on any atom is 0.178 e. The van der Waals surface area contributed by atoms with Crippen LogP contribution in [0.1, 0.15) is 12.7 Å². The molecule has 3 aromatic rings. The fourth-order valence-electron chi connectivity index (χ4n) is 2.33. The largest absolute Gasteiger partial charge is 0.508 e. The molecule has 0 aliphatic carbocycles. The Morgan fingerprint density at radius 1 is 1.00 bits per heavy atom. The summed E-state index contributed by atoms with van der Waals surface area (Å²) in [5.41, 5.74) is 4.24. The third kappa shape index (κ3) is 2.36. The van der Waals surface area contributed by atoms with Crippen LogP contribution in [-0.4, -0.2) is 15.4 Å². The molecule has 0 bridgehead atoms. The highest BCUT2D eigenvalue weighted by Crippen LogP contribution is 2.39. The lowest BCUT2D eigenvalue weighted by Crippen LogP contribution is -1.84. The summed E-state index contributed by atoms with van der Waals surface area (Å²) in [4.78, 5) is 0. The monoisotopic (exact) mass is 283 g/mol. The molecule has 0 atom stereocenters. The van der Waals surface area contributed by atoms with Gasteiger partial charge in [0, 0.05) is 7.49 Å². The molecule has 3 rings (SSSR count). The number of aryl methyl sites for hydroxylation is 2. The quantitative estimate of drug-likeness (QED) is 0.736. The van der Waals surface area contributed by atoms with Crippen LogP contribution < -0.4 is 0 Å². The average molecular weight is 283 g/mol. The summed E-state index contributed by atoms with van der Waals surface area (Å²) in [6.45, 7) is 3.89. The predicted molar refractivity (Wildman–Crippen MR) is 82.3 cm³/mol. The zero-order valence-corrected chi connectivity index (χ0v) is 11.8. The minimum absolute atomic E-state index is 0. The topological polar surface area (TPSA) is 66.5 Å². The van der Waals surface area contributed by atoms with E-state index < -0.39 is 0 Å². The van der Waals surface area contributed by atoms with Crippen LogP contribution >= 0.6 is 0 Å². The first-order valence-electron chi connectivity index (χ1n) is 6.62. The zero-order valence-electron chi connectivity index (χ0n) is 11.8. The van der Waals surface area contributed by atoms with E-state index in [0.717, 1.165) is 16.8 Å². The van der Waals surface area contributed by atoms with Crippen LogP contribution in [0.15, 0.2) is 47.0 Å². The number of hydrogen-bond donors (Lipinski definition) is 2. The van der Waals surface area contributed by atoms with Gasteiger partial charge in [0.05, 0.1) is 16.8 Å². The van der Waals surface area contributed by atoms with Gasteiger partial charge >= 0.3 is 0 Å². The first kappa shape index (κ1) is 13.2. The third-order valence-corrected chi connectivity index (χ3v) is 3.43. The van der Waals surface area contributed by atoms with Gasteiger partial charge in [0.25, 0.3) is 0 Å². The molecule has 108 valence electrons. The summed E-state index contributed by atoms with van der Waals surface area (Å²) < 4.78 is 5.40. The Kier molecular flexibility index (Phi) is 3.14. The van der Waals surface area contributed by atoms with Crippen molar-refractivity contribution in [1.29, 1.82) is 0 Å². The van der Waals surface area contributed by atoms with Gasteiger partial charge < -0.3 is 14.7 Å². The standard InChI is InChI=1S/C17H15NO3.H2/c1-10-3-5-12(6-4-10)16-11(2)18-21-17(16)14-8-7-13(19)9-15(14)20;/h3-9,19-20H,1-2H3;1H. The van der Waals surface area contributed by atoms with Crippen molar-refractivity contribution in [3.8, 4) is 33.9 Å². The Balaban J connectivity index is 0.00000176. The van der Waals surface area contributed by atoms with Crippen LogP contribution in [0.4, 0.5) is 0 Å². The van der Waals surface area contributed by atoms with Crippen LogP contribution in [0.3, 0.4) is 0 Å². The van der Waals surface area contributed by atoms with Crippen molar-refractivity contribution in [1.82, 2.24) is 5.16 Å². The second-order valence-electron chi connectivity index (χ2n) is 5.04. The van der Waals surface area contributed by atoms with Gasteiger partial charge in [0.2, 0.25) is 0 Å². The Morgan fingerprint density at radius 2 is 1.71 bits per heavy atom. The van der Waals surface area contributed by atoms with Crippen molar-refractivity contribution in [2.75, 3.05) is 0 Å². The smallest absolute Gasteiger partial charge is 0.178 e. The molecule has 2 aromatic carbocycles. The number of aromatic hydroxyl groups is 2. The molecule has 0 unspecified atom stereocenters. The van der Waals surface area contributed by atoms with Crippen LogP contribution in [0.2, 0.25) is 0 Å². The van der Waals surface area contributed by atoms with Gasteiger partial charge in [0.1, 0.15) is 11.5 Å². The fraction of sp³-hybridized carbons (Fsp3) is 0.118. The van der Waals surface area contributed by atoms with Crippen molar-refractivity contribution in [2.24, 2.45) is 0 Å². The van der Waals surface area contributed by atoms with Gasteiger partial charge in [-0.15, -0.1) is 0 Å². The van der Waals surface area contributed by atoms with Crippen LogP contribution in [-0.2, 0) is 0 Å². The van der Waals surface area contributed by atoms with E-state index in [9.17, 15) is 10.2 Å². The highest BCUT2D eigenvalue weighted by molar-refractivity contribution is 5.83. The summed E-state index contributed by atoms with van der Waals surface area (Å²) >= 11 is 0. The van der Waals surface area contributed by atoms with Crippen LogP contribution in [0, 0.1) is 13.8 Å². The highest BCUT2D eigenvalue weighted by Gasteiger charge is 2.19. The van der Waals surface area contributed by atoms with Crippen LogP contribution in [0.25, 0.3) is 22.5 Å². The molecular formula is C17H17NO3. The molecule has 0 aliphatic heterocycles. The SMILES string of the molecule is Cc1ccc(-c2c(C)noc2-c2ccc(O)cc2O)cc1.[HH]. The molecule has 1 aromatic heterocycles. The molecule has 0 saturated heterocycles. The zero-order chi connectivity index (χ0) is 15.0. The molecule has 0 spiro atoms. The molecule has 0 amide bonds. The summed E-state index contributed by atoms with van der Waals surface area (Å²) in [5, 5.41) is 23.4. The van der Waals surface area contributed by atoms with E-state index in [0.29, 0.717) is 11.3 Å². The summed E-state index contributed by atoms with van der Waals surface area (Å²) in [6, 6.07) is 12.4. The molecule has 1 heterocycles. The molecule has 4 heteroatoms. The van der Waals surface area contributed by atoms with Gasteiger partial charge in [-0.1, -0.05) is 35.0 Å². The van der Waals surface area contributed by atoms with Crippen molar-refractivity contribution in [3.63, 3.8) is 0 Å². The van der Waals surface area contributed by atoms with Crippen LogP contribution in [0.5, 0.6) is 11.5 Å². The van der Waals surface area contributed by atoms with E-state index in [2.05, 4.69) is 5.16 Å².